The van der Waals surface area contributed by atoms with Crippen LogP contribution in [0, 0.1) is 0 Å². The van der Waals surface area contributed by atoms with Gasteiger partial charge in [0.1, 0.15) is 6.04 Å². The Labute approximate surface area is 124 Å². The highest BCUT2D eigenvalue weighted by Gasteiger charge is 2.26. The molecule has 0 aromatic carbocycles. The Balaban J connectivity index is 4.39. The minimum absolute atomic E-state index is 0.0352. The first kappa shape index (κ1) is 19.9. The molecule has 0 aliphatic heterocycles. The normalized spacial score (nSPS) is 12.9. The Morgan fingerprint density at radius 2 is 1.90 bits per heavy atom. The van der Waals surface area contributed by atoms with Gasteiger partial charge in [-0.15, -0.1) is 0 Å². The van der Waals surface area contributed by atoms with E-state index in [9.17, 15) is 9.36 Å². The maximum atomic E-state index is 12.2. The maximum Gasteiger partial charge on any atom is 0.344 e. The van der Waals surface area contributed by atoms with Gasteiger partial charge in [0.2, 0.25) is 0 Å². The molecule has 0 fully saturated rings. The molecule has 0 saturated heterocycles. The van der Waals surface area contributed by atoms with Crippen LogP contribution in [-0.2, 0) is 18.4 Å². The predicted molar refractivity (Wildman–Crippen MR) is 80.2 cm³/mol. The predicted octanol–water partition coefficient (Wildman–Crippen LogP) is 0.306. The lowest BCUT2D eigenvalue weighted by atomic mass is 10.1. The van der Waals surface area contributed by atoms with Crippen LogP contribution < -0.4 is 16.8 Å². The minimum Gasteiger partial charge on any atom is -0.480 e. The van der Waals surface area contributed by atoms with Gasteiger partial charge >= 0.3 is 13.6 Å². The van der Waals surface area contributed by atoms with E-state index in [0.717, 1.165) is 0 Å². The molecule has 0 radical (unpaired) electrons. The molecule has 9 nitrogen and oxygen atoms in total. The van der Waals surface area contributed by atoms with Gasteiger partial charge in [-0.2, -0.15) is 0 Å². The van der Waals surface area contributed by atoms with E-state index in [-0.39, 0.29) is 25.5 Å². The summed E-state index contributed by atoms with van der Waals surface area (Å²) in [4.78, 5) is 14.9. The number of rotatable bonds is 12. The molecule has 0 aliphatic carbocycles. The summed E-state index contributed by atoms with van der Waals surface area (Å²) in [7, 11) is -3.31. The van der Waals surface area contributed by atoms with E-state index < -0.39 is 19.6 Å². The van der Waals surface area contributed by atoms with Crippen molar-refractivity contribution in [1.29, 1.82) is 0 Å². The second-order valence-corrected chi connectivity index (χ2v) is 6.20. The third kappa shape index (κ3) is 9.41. The first-order chi connectivity index (χ1) is 9.84. The van der Waals surface area contributed by atoms with Crippen molar-refractivity contribution in [2.45, 2.75) is 32.7 Å². The molecule has 0 spiro atoms. The first-order valence-corrected chi connectivity index (χ1v) is 8.47. The van der Waals surface area contributed by atoms with Gasteiger partial charge in [-0.05, 0) is 26.7 Å². The molecule has 0 bridgehead atoms. The molecule has 0 aromatic heterocycles. The molecule has 124 valence electrons. The van der Waals surface area contributed by atoms with E-state index in [1.807, 2.05) is 0 Å². The summed E-state index contributed by atoms with van der Waals surface area (Å²) in [5, 5.41) is 11.8. The highest BCUT2D eigenvalue weighted by Crippen LogP contribution is 2.46. The van der Waals surface area contributed by atoms with Gasteiger partial charge in [0.15, 0.2) is 5.96 Å². The van der Waals surface area contributed by atoms with Crippen LogP contribution in [0.25, 0.3) is 0 Å². The third-order valence-corrected chi connectivity index (χ3v) is 4.30. The number of aliphatic imine (C=N–C) groups is 1. The van der Waals surface area contributed by atoms with Crippen molar-refractivity contribution >= 4 is 19.5 Å². The van der Waals surface area contributed by atoms with Crippen LogP contribution in [0.1, 0.15) is 26.7 Å². The molecule has 0 unspecified atom stereocenters. The number of guanidine groups is 1. The number of hydrogen-bond donors (Lipinski definition) is 4. The summed E-state index contributed by atoms with van der Waals surface area (Å²) in [6.07, 6.45) is 0.619. The lowest BCUT2D eigenvalue weighted by Crippen LogP contribution is -2.37. The van der Waals surface area contributed by atoms with Gasteiger partial charge in [-0.25, -0.2) is 0 Å². The molecule has 0 aliphatic rings. The van der Waals surface area contributed by atoms with Crippen molar-refractivity contribution in [2.24, 2.45) is 16.5 Å². The van der Waals surface area contributed by atoms with E-state index >= 15 is 0 Å². The van der Waals surface area contributed by atoms with Gasteiger partial charge in [0.25, 0.3) is 0 Å². The van der Waals surface area contributed by atoms with Crippen LogP contribution in [-0.4, -0.2) is 49.1 Å². The summed E-state index contributed by atoms with van der Waals surface area (Å²) in [5.74, 6) is -1.08. The molecule has 21 heavy (non-hydrogen) atoms. The molecule has 0 rings (SSSR count). The summed E-state index contributed by atoms with van der Waals surface area (Å²) in [6.45, 7) is 4.16. The third-order valence-electron chi connectivity index (χ3n) is 2.43. The number of nitrogens with zero attached hydrogens (tertiary/aromatic N) is 1. The maximum absolute atomic E-state index is 12.2. The van der Waals surface area contributed by atoms with Gasteiger partial charge in [0, 0.05) is 6.54 Å². The zero-order chi connectivity index (χ0) is 16.3. The fourth-order valence-corrected chi connectivity index (χ4v) is 3.05. The largest absolute Gasteiger partial charge is 0.480 e. The van der Waals surface area contributed by atoms with Gasteiger partial charge in [-0.1, -0.05) is 0 Å². The average Bonchev–Trinajstić information content (AvgIpc) is 2.37. The SMILES string of the molecule is CCOP(=O)(CN[C@@H](CCCN=C(N)N)C(=O)O)OCC. The smallest absolute Gasteiger partial charge is 0.344 e. The average molecular weight is 324 g/mol. The highest BCUT2D eigenvalue weighted by molar-refractivity contribution is 7.53. The van der Waals surface area contributed by atoms with Gasteiger partial charge in [0.05, 0.1) is 19.5 Å². The van der Waals surface area contributed by atoms with Gasteiger partial charge < -0.3 is 25.6 Å². The number of carboxylic acids is 1. The zero-order valence-electron chi connectivity index (χ0n) is 12.4. The van der Waals surface area contributed by atoms with Crippen molar-refractivity contribution in [3.8, 4) is 0 Å². The second-order valence-electron chi connectivity index (χ2n) is 4.15. The number of carboxylic acid groups (broad SMARTS) is 1. The Hall–Kier alpha value is -1.15. The van der Waals surface area contributed by atoms with Crippen molar-refractivity contribution in [2.75, 3.05) is 26.0 Å². The summed E-state index contributed by atoms with van der Waals surface area (Å²) in [6, 6.07) is -0.867. The standard InChI is InChI=1S/C11H25N4O5P/c1-3-19-21(18,20-4-2)8-15-9(10(16)17)6-5-7-14-11(12)13/h9,15H,3-8H2,1-2H3,(H,16,17)(H4,12,13,14)/t9-/m0/s1. The molecule has 6 N–H and O–H groups in total. The van der Waals surface area contributed by atoms with Crippen LogP contribution in [0.5, 0.6) is 0 Å². The lowest BCUT2D eigenvalue weighted by molar-refractivity contribution is -0.139. The highest BCUT2D eigenvalue weighted by atomic mass is 31.2. The molecule has 0 heterocycles. The molecule has 1 atom stereocenters. The van der Waals surface area contributed by atoms with E-state index in [2.05, 4.69) is 10.3 Å². The van der Waals surface area contributed by atoms with Crippen molar-refractivity contribution in [1.82, 2.24) is 5.32 Å². The first-order valence-electron chi connectivity index (χ1n) is 6.74. The summed E-state index contributed by atoms with van der Waals surface area (Å²) < 4.78 is 22.4. The number of nitrogens with one attached hydrogen (secondary N) is 1. The van der Waals surface area contributed by atoms with Crippen LogP contribution >= 0.6 is 7.60 Å². The molecule has 0 saturated carbocycles. The fraction of sp³-hybridized carbons (Fsp3) is 0.818. The van der Waals surface area contributed by atoms with E-state index in [4.69, 9.17) is 25.6 Å². The monoisotopic (exact) mass is 324 g/mol. The number of aliphatic carboxylic acids is 1. The van der Waals surface area contributed by atoms with Crippen LogP contribution in [0.2, 0.25) is 0 Å². The van der Waals surface area contributed by atoms with Crippen molar-refractivity contribution in [3.05, 3.63) is 0 Å². The zero-order valence-corrected chi connectivity index (χ0v) is 13.3. The molecular weight excluding hydrogens is 299 g/mol. The number of hydrogen-bond acceptors (Lipinski definition) is 6. The van der Waals surface area contributed by atoms with Crippen molar-refractivity contribution < 1.29 is 23.5 Å². The minimum atomic E-state index is -3.31. The van der Waals surface area contributed by atoms with E-state index in [1.165, 1.54) is 0 Å². The summed E-state index contributed by atoms with van der Waals surface area (Å²) in [5.41, 5.74) is 10.4. The Morgan fingerprint density at radius 3 is 2.33 bits per heavy atom. The molecule has 0 amide bonds. The second kappa shape index (κ2) is 10.6. The number of nitrogens with two attached hydrogens (primary N) is 2. The Kier molecular flexibility index (Phi) is 9.98. The fourth-order valence-electron chi connectivity index (χ4n) is 1.56. The number of carbonyl (C=O) groups is 1. The van der Waals surface area contributed by atoms with Crippen LogP contribution in [0.3, 0.4) is 0 Å². The molecule has 10 heteroatoms. The van der Waals surface area contributed by atoms with E-state index in [0.29, 0.717) is 19.4 Å². The Morgan fingerprint density at radius 1 is 1.33 bits per heavy atom. The lowest BCUT2D eigenvalue weighted by Gasteiger charge is -2.20. The van der Waals surface area contributed by atoms with E-state index in [1.54, 1.807) is 13.8 Å². The molecule has 0 aromatic rings. The van der Waals surface area contributed by atoms with Crippen LogP contribution in [0.15, 0.2) is 4.99 Å². The Bertz CT molecular complexity index is 377. The van der Waals surface area contributed by atoms with Gasteiger partial charge in [-0.3, -0.25) is 19.7 Å². The van der Waals surface area contributed by atoms with Crippen LogP contribution in [0.4, 0.5) is 0 Å². The quantitative estimate of drug-likeness (QED) is 0.173. The molecular formula is C11H25N4O5P. The topological polar surface area (TPSA) is 149 Å². The van der Waals surface area contributed by atoms with Crippen molar-refractivity contribution in [3.63, 3.8) is 0 Å². The summed E-state index contributed by atoms with van der Waals surface area (Å²) >= 11 is 0.